The second kappa shape index (κ2) is 8.20. The number of H-pyrrole nitrogens is 1. The Balaban J connectivity index is 1.53. The lowest BCUT2D eigenvalue weighted by Crippen LogP contribution is -2.13. The van der Waals surface area contributed by atoms with Crippen LogP contribution in [0.4, 0.5) is 5.82 Å². The minimum atomic E-state index is -0.535. The molecule has 2 aromatic carbocycles. The van der Waals surface area contributed by atoms with Crippen LogP contribution in [-0.4, -0.2) is 21.4 Å². The number of rotatable bonds is 6. The Bertz CT molecular complexity index is 907. The molecule has 0 aliphatic rings. The molecule has 1 aromatic heterocycles. The van der Waals surface area contributed by atoms with Crippen molar-refractivity contribution in [2.75, 3.05) is 5.43 Å². The molecular weight excluding hydrogens is 386 g/mol. The number of anilines is 1. The van der Waals surface area contributed by atoms with Crippen LogP contribution < -0.4 is 15.9 Å². The first kappa shape index (κ1) is 16.8. The van der Waals surface area contributed by atoms with Gasteiger partial charge in [-0.1, -0.05) is 28.1 Å². The van der Waals surface area contributed by atoms with Crippen LogP contribution in [0.5, 0.6) is 5.75 Å². The van der Waals surface area contributed by atoms with Gasteiger partial charge in [-0.15, -0.1) is 0 Å². The summed E-state index contributed by atoms with van der Waals surface area (Å²) in [5.41, 5.74) is 4.08. The van der Waals surface area contributed by atoms with Gasteiger partial charge in [-0.25, -0.2) is 9.89 Å². The van der Waals surface area contributed by atoms with Crippen LogP contribution in [0, 0.1) is 0 Å². The van der Waals surface area contributed by atoms with Gasteiger partial charge in [0, 0.05) is 4.47 Å². The lowest BCUT2D eigenvalue weighted by atomic mass is 10.2. The van der Waals surface area contributed by atoms with Crippen LogP contribution in [0.15, 0.2) is 69.1 Å². The van der Waals surface area contributed by atoms with Crippen LogP contribution in [0.25, 0.3) is 0 Å². The molecule has 2 N–H and O–H groups in total. The first-order valence-electron chi connectivity index (χ1n) is 7.37. The van der Waals surface area contributed by atoms with E-state index in [4.69, 9.17) is 4.74 Å². The molecule has 1 heterocycles. The Morgan fingerprint density at radius 3 is 2.64 bits per heavy atom. The molecule has 0 aliphatic carbocycles. The zero-order valence-electron chi connectivity index (χ0n) is 13.0. The molecule has 0 spiro atoms. The first-order valence-corrected chi connectivity index (χ1v) is 8.16. The van der Waals surface area contributed by atoms with Gasteiger partial charge in [0.2, 0.25) is 0 Å². The van der Waals surface area contributed by atoms with E-state index in [0.29, 0.717) is 6.61 Å². The average Bonchev–Trinajstić information content (AvgIpc) is 2.62. The van der Waals surface area contributed by atoms with Crippen molar-refractivity contribution >= 4 is 28.0 Å². The highest BCUT2D eigenvalue weighted by atomic mass is 79.9. The fraction of sp³-hybridized carbons (Fsp3) is 0.0588. The molecule has 126 valence electrons. The van der Waals surface area contributed by atoms with Crippen molar-refractivity contribution in [3.63, 3.8) is 0 Å². The highest BCUT2D eigenvalue weighted by Gasteiger charge is 1.97. The zero-order valence-corrected chi connectivity index (χ0v) is 14.6. The van der Waals surface area contributed by atoms with Gasteiger partial charge >= 0.3 is 5.69 Å². The van der Waals surface area contributed by atoms with Crippen LogP contribution >= 0.6 is 15.9 Å². The van der Waals surface area contributed by atoms with Crippen molar-refractivity contribution in [2.45, 2.75) is 6.61 Å². The maximum Gasteiger partial charge on any atom is 0.363 e. The van der Waals surface area contributed by atoms with Crippen LogP contribution in [-0.2, 0) is 6.61 Å². The monoisotopic (exact) mass is 399 g/mol. The smallest absolute Gasteiger partial charge is 0.363 e. The SMILES string of the molecule is O=c1nc(N/N=C/c2ccc(OCc3ccc(Br)cc3)cc2)cn[nH]1. The fourth-order valence-electron chi connectivity index (χ4n) is 1.94. The van der Waals surface area contributed by atoms with Gasteiger partial charge in [0.1, 0.15) is 12.4 Å². The average molecular weight is 400 g/mol. The van der Waals surface area contributed by atoms with Gasteiger partial charge in [-0.05, 0) is 47.5 Å². The number of ether oxygens (including phenoxy) is 1. The molecule has 0 unspecified atom stereocenters. The molecule has 0 atom stereocenters. The number of nitrogens with one attached hydrogen (secondary N) is 2. The predicted molar refractivity (Wildman–Crippen MR) is 98.8 cm³/mol. The van der Waals surface area contributed by atoms with Crippen LogP contribution in [0.3, 0.4) is 0 Å². The van der Waals surface area contributed by atoms with E-state index in [9.17, 15) is 4.79 Å². The van der Waals surface area contributed by atoms with Gasteiger partial charge in [0.05, 0.1) is 12.4 Å². The lowest BCUT2D eigenvalue weighted by molar-refractivity contribution is 0.306. The summed E-state index contributed by atoms with van der Waals surface area (Å²) in [5.74, 6) is 1.04. The van der Waals surface area contributed by atoms with Gasteiger partial charge in [0.25, 0.3) is 0 Å². The van der Waals surface area contributed by atoms with Crippen molar-refractivity contribution in [3.8, 4) is 5.75 Å². The Hall–Kier alpha value is -3.00. The van der Waals surface area contributed by atoms with E-state index in [1.165, 1.54) is 6.20 Å². The topological polar surface area (TPSA) is 92.3 Å². The summed E-state index contributed by atoms with van der Waals surface area (Å²) in [6.45, 7) is 0.503. The Morgan fingerprint density at radius 1 is 1.16 bits per heavy atom. The molecule has 0 saturated heterocycles. The molecule has 0 fully saturated rings. The molecule has 3 aromatic rings. The van der Waals surface area contributed by atoms with E-state index < -0.39 is 5.69 Å². The summed E-state index contributed by atoms with van der Waals surface area (Å²) >= 11 is 3.41. The quantitative estimate of drug-likeness (QED) is 0.490. The van der Waals surface area contributed by atoms with Gasteiger partial charge in [-0.2, -0.15) is 15.2 Å². The van der Waals surface area contributed by atoms with E-state index in [2.05, 4.69) is 41.6 Å². The molecule has 0 saturated carbocycles. The number of hydrogen-bond acceptors (Lipinski definition) is 6. The molecule has 8 heteroatoms. The van der Waals surface area contributed by atoms with Gasteiger partial charge < -0.3 is 4.74 Å². The van der Waals surface area contributed by atoms with Crippen molar-refractivity contribution < 1.29 is 4.74 Å². The summed E-state index contributed by atoms with van der Waals surface area (Å²) in [6, 6.07) is 15.5. The molecule has 7 nitrogen and oxygen atoms in total. The predicted octanol–water partition coefficient (Wildman–Crippen LogP) is 2.95. The number of nitrogens with zero attached hydrogens (tertiary/aromatic N) is 3. The van der Waals surface area contributed by atoms with E-state index in [0.717, 1.165) is 21.3 Å². The Labute approximate surface area is 151 Å². The van der Waals surface area contributed by atoms with Crippen LogP contribution in [0.1, 0.15) is 11.1 Å². The molecule has 0 aliphatic heterocycles. The third kappa shape index (κ3) is 5.25. The fourth-order valence-corrected chi connectivity index (χ4v) is 2.20. The minimum absolute atomic E-state index is 0.273. The number of hydrazone groups is 1. The highest BCUT2D eigenvalue weighted by molar-refractivity contribution is 9.10. The Morgan fingerprint density at radius 2 is 1.92 bits per heavy atom. The normalized spacial score (nSPS) is 10.8. The third-order valence-electron chi connectivity index (χ3n) is 3.16. The summed E-state index contributed by atoms with van der Waals surface area (Å²) in [5, 5.41) is 9.81. The largest absolute Gasteiger partial charge is 0.489 e. The molecular formula is C17H14BrN5O2. The number of aromatic amines is 1. The van der Waals surface area contributed by atoms with E-state index in [-0.39, 0.29) is 5.82 Å². The summed E-state index contributed by atoms with van der Waals surface area (Å²) in [4.78, 5) is 14.7. The maximum absolute atomic E-state index is 11.0. The molecule has 0 radical (unpaired) electrons. The minimum Gasteiger partial charge on any atom is -0.489 e. The maximum atomic E-state index is 11.0. The zero-order chi connectivity index (χ0) is 17.5. The Kier molecular flexibility index (Phi) is 5.53. The van der Waals surface area contributed by atoms with Crippen LogP contribution in [0.2, 0.25) is 0 Å². The third-order valence-corrected chi connectivity index (χ3v) is 3.69. The van der Waals surface area contributed by atoms with E-state index >= 15 is 0 Å². The number of aromatic nitrogens is 3. The summed E-state index contributed by atoms with van der Waals surface area (Å²) in [6.07, 6.45) is 2.99. The highest BCUT2D eigenvalue weighted by Crippen LogP contribution is 2.15. The van der Waals surface area contributed by atoms with Crippen molar-refractivity contribution in [1.82, 2.24) is 15.2 Å². The second-order valence-corrected chi connectivity index (χ2v) is 5.94. The van der Waals surface area contributed by atoms with Gasteiger partial charge in [0.15, 0.2) is 5.82 Å². The molecule has 0 bridgehead atoms. The van der Waals surface area contributed by atoms with E-state index in [1.807, 2.05) is 48.5 Å². The molecule has 25 heavy (non-hydrogen) atoms. The number of halogens is 1. The van der Waals surface area contributed by atoms with Crippen molar-refractivity contribution in [3.05, 3.63) is 80.8 Å². The molecule has 3 rings (SSSR count). The standard InChI is InChI=1S/C17H14BrN5O2/c18-14-5-1-13(2-6-14)11-25-15-7-3-12(4-8-15)9-19-22-16-10-20-23-17(24)21-16/h1-10H,11H2,(H2,21,22,23,24)/b19-9+. The molecule has 0 amide bonds. The van der Waals surface area contributed by atoms with E-state index in [1.54, 1.807) is 6.21 Å². The van der Waals surface area contributed by atoms with Crippen molar-refractivity contribution in [1.29, 1.82) is 0 Å². The summed E-state index contributed by atoms with van der Waals surface area (Å²) < 4.78 is 6.78. The number of hydrogen-bond donors (Lipinski definition) is 2. The number of benzene rings is 2. The van der Waals surface area contributed by atoms with Gasteiger partial charge in [-0.3, -0.25) is 5.43 Å². The second-order valence-electron chi connectivity index (χ2n) is 5.03. The van der Waals surface area contributed by atoms with Crippen molar-refractivity contribution in [2.24, 2.45) is 5.10 Å². The first-order chi connectivity index (χ1) is 12.2. The summed E-state index contributed by atoms with van der Waals surface area (Å²) in [7, 11) is 0. The lowest BCUT2D eigenvalue weighted by Gasteiger charge is -2.06.